The maximum Gasteiger partial charge on any atom is 0.227 e. The molecule has 1 unspecified atom stereocenters. The zero-order valence-corrected chi connectivity index (χ0v) is 18.7. The molecule has 0 N–H and O–H groups in total. The molecule has 1 atom stereocenters. The highest BCUT2D eigenvalue weighted by molar-refractivity contribution is 9.10. The van der Waals surface area contributed by atoms with Crippen LogP contribution in [-0.4, -0.2) is 29.1 Å². The molecule has 1 fully saturated rings. The molecule has 31 heavy (non-hydrogen) atoms. The second-order valence-electron chi connectivity index (χ2n) is 7.78. The van der Waals surface area contributed by atoms with E-state index in [1.165, 1.54) is 5.56 Å². The Labute approximate surface area is 189 Å². The maximum atomic E-state index is 12.9. The van der Waals surface area contributed by atoms with Crippen molar-refractivity contribution >= 4 is 38.6 Å². The highest BCUT2D eigenvalue weighted by Crippen LogP contribution is 2.34. The number of methoxy groups -OCH3 is 1. The molecule has 2 heterocycles. The Morgan fingerprint density at radius 2 is 1.87 bits per heavy atom. The van der Waals surface area contributed by atoms with Gasteiger partial charge in [0, 0.05) is 35.6 Å². The van der Waals surface area contributed by atoms with E-state index in [-0.39, 0.29) is 11.8 Å². The van der Waals surface area contributed by atoms with Gasteiger partial charge in [0.05, 0.1) is 18.1 Å². The number of para-hydroxylation sites is 2. The second kappa shape index (κ2) is 8.19. The van der Waals surface area contributed by atoms with E-state index in [4.69, 9.17) is 9.72 Å². The van der Waals surface area contributed by atoms with Crippen molar-refractivity contribution < 1.29 is 9.53 Å². The van der Waals surface area contributed by atoms with Gasteiger partial charge in [-0.25, -0.2) is 4.98 Å². The van der Waals surface area contributed by atoms with E-state index in [2.05, 4.69) is 38.7 Å². The molecule has 0 saturated carbocycles. The number of carbonyl (C=O) groups is 1. The zero-order chi connectivity index (χ0) is 21.4. The molecule has 4 aromatic rings. The summed E-state index contributed by atoms with van der Waals surface area (Å²) in [7, 11) is 1.64. The number of hydrogen-bond acceptors (Lipinski definition) is 3. The number of halogens is 1. The number of amides is 1. The number of imidazole rings is 1. The molecule has 6 heteroatoms. The standard InChI is InChI=1S/C25H22BrN3O2/c1-31-21-11-9-20(10-12-21)28-16-18(14-24(28)30)25-27-22-7-2-3-8-23(22)29(25)15-17-5-4-6-19(26)13-17/h2-13,18H,14-16H2,1H3. The minimum atomic E-state index is 0.0363. The van der Waals surface area contributed by atoms with E-state index in [1.54, 1.807) is 7.11 Å². The molecule has 1 aliphatic rings. The SMILES string of the molecule is COc1ccc(N2CC(c3nc4ccccc4n3Cc3cccc(Br)c3)CC2=O)cc1. The number of rotatable bonds is 5. The van der Waals surface area contributed by atoms with Gasteiger partial charge in [-0.3, -0.25) is 4.79 Å². The summed E-state index contributed by atoms with van der Waals surface area (Å²) in [4.78, 5) is 19.7. The predicted molar refractivity (Wildman–Crippen MR) is 126 cm³/mol. The zero-order valence-electron chi connectivity index (χ0n) is 17.2. The number of fused-ring (bicyclic) bond motifs is 1. The normalized spacial score (nSPS) is 16.3. The summed E-state index contributed by atoms with van der Waals surface area (Å²) >= 11 is 3.57. The molecular formula is C25H22BrN3O2. The Bertz CT molecular complexity index is 1250. The minimum absolute atomic E-state index is 0.0363. The Hall–Kier alpha value is -3.12. The minimum Gasteiger partial charge on any atom is -0.497 e. The van der Waals surface area contributed by atoms with E-state index in [1.807, 2.05) is 59.5 Å². The van der Waals surface area contributed by atoms with E-state index in [0.29, 0.717) is 19.5 Å². The average molecular weight is 476 g/mol. The maximum absolute atomic E-state index is 12.9. The lowest BCUT2D eigenvalue weighted by Gasteiger charge is -2.18. The smallest absolute Gasteiger partial charge is 0.227 e. The Morgan fingerprint density at radius 1 is 1.06 bits per heavy atom. The quantitative estimate of drug-likeness (QED) is 0.389. The van der Waals surface area contributed by atoms with Crippen molar-refractivity contribution in [3.63, 3.8) is 0 Å². The number of nitrogens with zero attached hydrogens (tertiary/aromatic N) is 3. The molecule has 1 aromatic heterocycles. The first-order chi connectivity index (χ1) is 15.1. The van der Waals surface area contributed by atoms with Crippen molar-refractivity contribution in [3.8, 4) is 5.75 Å². The highest BCUT2D eigenvalue weighted by Gasteiger charge is 2.34. The van der Waals surface area contributed by atoms with E-state index < -0.39 is 0 Å². The summed E-state index contributed by atoms with van der Waals surface area (Å²) in [6.45, 7) is 1.33. The molecule has 0 bridgehead atoms. The van der Waals surface area contributed by atoms with Crippen molar-refractivity contribution in [1.82, 2.24) is 9.55 Å². The molecule has 5 rings (SSSR count). The fraction of sp³-hybridized carbons (Fsp3) is 0.200. The van der Waals surface area contributed by atoms with Gasteiger partial charge in [-0.2, -0.15) is 0 Å². The lowest BCUT2D eigenvalue weighted by molar-refractivity contribution is -0.117. The number of aromatic nitrogens is 2. The van der Waals surface area contributed by atoms with Gasteiger partial charge in [0.15, 0.2) is 0 Å². The number of ether oxygens (including phenoxy) is 1. The van der Waals surface area contributed by atoms with Crippen LogP contribution in [0, 0.1) is 0 Å². The van der Waals surface area contributed by atoms with Crippen molar-refractivity contribution in [3.05, 3.63) is 88.7 Å². The Morgan fingerprint density at radius 3 is 2.65 bits per heavy atom. The van der Waals surface area contributed by atoms with Crippen LogP contribution >= 0.6 is 15.9 Å². The molecule has 1 aliphatic heterocycles. The summed E-state index contributed by atoms with van der Waals surface area (Å²) in [5.41, 5.74) is 4.13. The van der Waals surface area contributed by atoms with Gasteiger partial charge < -0.3 is 14.2 Å². The van der Waals surface area contributed by atoms with E-state index in [0.717, 1.165) is 32.8 Å². The van der Waals surface area contributed by atoms with Gasteiger partial charge in [-0.15, -0.1) is 0 Å². The first kappa shape index (κ1) is 19.8. The van der Waals surface area contributed by atoms with Crippen molar-refractivity contribution in [2.45, 2.75) is 18.9 Å². The molecule has 1 amide bonds. The Kier molecular flexibility index (Phi) is 5.24. The monoisotopic (exact) mass is 475 g/mol. The largest absolute Gasteiger partial charge is 0.497 e. The third-order valence-electron chi connectivity index (χ3n) is 5.79. The van der Waals surface area contributed by atoms with E-state index >= 15 is 0 Å². The van der Waals surface area contributed by atoms with Crippen LogP contribution in [0.2, 0.25) is 0 Å². The second-order valence-corrected chi connectivity index (χ2v) is 8.69. The fourth-order valence-electron chi connectivity index (χ4n) is 4.28. The summed E-state index contributed by atoms with van der Waals surface area (Å²) in [6.07, 6.45) is 0.452. The molecular weight excluding hydrogens is 454 g/mol. The van der Waals surface area contributed by atoms with Crippen LogP contribution in [-0.2, 0) is 11.3 Å². The average Bonchev–Trinajstić information content (AvgIpc) is 3.35. The molecule has 0 aliphatic carbocycles. The summed E-state index contributed by atoms with van der Waals surface area (Å²) < 4.78 is 8.55. The summed E-state index contributed by atoms with van der Waals surface area (Å²) in [5, 5.41) is 0. The van der Waals surface area contributed by atoms with Crippen LogP contribution in [0.25, 0.3) is 11.0 Å². The van der Waals surface area contributed by atoms with Crippen LogP contribution in [0.1, 0.15) is 23.7 Å². The van der Waals surface area contributed by atoms with Gasteiger partial charge in [-0.1, -0.05) is 40.2 Å². The van der Waals surface area contributed by atoms with Crippen LogP contribution in [0.4, 0.5) is 5.69 Å². The van der Waals surface area contributed by atoms with Crippen molar-refractivity contribution in [2.75, 3.05) is 18.6 Å². The van der Waals surface area contributed by atoms with Gasteiger partial charge in [0.25, 0.3) is 0 Å². The van der Waals surface area contributed by atoms with Crippen LogP contribution in [0.5, 0.6) is 5.75 Å². The van der Waals surface area contributed by atoms with Crippen molar-refractivity contribution in [1.29, 1.82) is 0 Å². The lowest BCUT2D eigenvalue weighted by atomic mass is 10.1. The van der Waals surface area contributed by atoms with Gasteiger partial charge in [0.2, 0.25) is 5.91 Å². The Balaban J connectivity index is 1.50. The molecule has 1 saturated heterocycles. The number of benzene rings is 3. The molecule has 156 valence electrons. The van der Waals surface area contributed by atoms with Crippen LogP contribution in [0.3, 0.4) is 0 Å². The third kappa shape index (κ3) is 3.83. The summed E-state index contributed by atoms with van der Waals surface area (Å²) in [5.74, 6) is 1.90. The lowest BCUT2D eigenvalue weighted by Crippen LogP contribution is -2.24. The number of carbonyl (C=O) groups excluding carboxylic acids is 1. The molecule has 0 spiro atoms. The van der Waals surface area contributed by atoms with Crippen LogP contribution < -0.4 is 9.64 Å². The van der Waals surface area contributed by atoms with E-state index in [9.17, 15) is 4.79 Å². The topological polar surface area (TPSA) is 47.4 Å². The number of anilines is 1. The fourth-order valence-corrected chi connectivity index (χ4v) is 4.73. The summed E-state index contributed by atoms with van der Waals surface area (Å²) in [6, 6.07) is 24.1. The van der Waals surface area contributed by atoms with Gasteiger partial charge in [-0.05, 0) is 54.1 Å². The first-order valence-corrected chi connectivity index (χ1v) is 11.1. The molecule has 0 radical (unpaired) electrons. The highest BCUT2D eigenvalue weighted by atomic mass is 79.9. The predicted octanol–water partition coefficient (Wildman–Crippen LogP) is 5.38. The van der Waals surface area contributed by atoms with Gasteiger partial charge in [0.1, 0.15) is 11.6 Å². The number of hydrogen-bond donors (Lipinski definition) is 0. The molecule has 5 nitrogen and oxygen atoms in total. The van der Waals surface area contributed by atoms with Gasteiger partial charge >= 0.3 is 0 Å². The molecule has 3 aromatic carbocycles. The first-order valence-electron chi connectivity index (χ1n) is 10.3. The van der Waals surface area contributed by atoms with Crippen molar-refractivity contribution in [2.24, 2.45) is 0 Å². The third-order valence-corrected chi connectivity index (χ3v) is 6.28. The van der Waals surface area contributed by atoms with Crippen LogP contribution in [0.15, 0.2) is 77.3 Å².